The predicted octanol–water partition coefficient (Wildman–Crippen LogP) is 5.02. The Bertz CT molecular complexity index is 3140. The van der Waals surface area contributed by atoms with Gasteiger partial charge in [0.2, 0.25) is 23.6 Å². The normalized spacial score (nSPS) is 21.1. The molecule has 0 aromatic heterocycles. The van der Waals surface area contributed by atoms with Gasteiger partial charge in [-0.25, -0.2) is 19.2 Å². The van der Waals surface area contributed by atoms with E-state index in [2.05, 4.69) is 50.3 Å². The van der Waals surface area contributed by atoms with Crippen molar-refractivity contribution in [3.05, 3.63) is 145 Å². The number of nitrogens with zero attached hydrogens (tertiary/aromatic N) is 4. The number of fused-ring (bicyclic) bond motifs is 2. The maximum absolute atomic E-state index is 15.0. The molecule has 4 aromatic rings. The van der Waals surface area contributed by atoms with Crippen LogP contribution in [0.4, 0.5) is 30.6 Å². The van der Waals surface area contributed by atoms with E-state index in [4.69, 9.17) is 28.4 Å². The zero-order valence-electron chi connectivity index (χ0n) is 50.3. The van der Waals surface area contributed by atoms with Gasteiger partial charge in [-0.2, -0.15) is 0 Å². The Balaban J connectivity index is 0.928. The summed E-state index contributed by atoms with van der Waals surface area (Å²) < 4.78 is 35.8. The number of likely N-dealkylation sites (tertiary alicyclic amines) is 4. The van der Waals surface area contributed by atoms with E-state index in [1.54, 1.807) is 102 Å². The number of carbonyl (C=O) groups is 8. The molecule has 6 N–H and O–H groups in total. The molecule has 24 nitrogen and oxygen atoms in total. The number of ether oxygens (including phenoxy) is 6. The first-order valence-corrected chi connectivity index (χ1v) is 29.4. The van der Waals surface area contributed by atoms with E-state index in [-0.39, 0.29) is 58.2 Å². The molecule has 4 saturated heterocycles. The van der Waals surface area contributed by atoms with Crippen LogP contribution in [0.15, 0.2) is 133 Å². The van der Waals surface area contributed by atoms with Crippen LogP contribution >= 0.6 is 0 Å². The van der Waals surface area contributed by atoms with Gasteiger partial charge in [0.05, 0.1) is 68.2 Å². The third-order valence-electron chi connectivity index (χ3n) is 16.1. The van der Waals surface area contributed by atoms with Crippen LogP contribution in [0, 0.1) is 11.8 Å². The van der Waals surface area contributed by atoms with E-state index in [1.807, 2.05) is 60.7 Å². The number of hydrogen-bond acceptors (Lipinski definition) is 16. The predicted molar refractivity (Wildman–Crippen MR) is 324 cm³/mol. The number of rotatable bonds is 23. The zero-order chi connectivity index (χ0) is 62.9. The van der Waals surface area contributed by atoms with E-state index in [0.717, 1.165) is 11.1 Å². The van der Waals surface area contributed by atoms with Crippen LogP contribution in [0.5, 0.6) is 0 Å². The summed E-state index contributed by atoms with van der Waals surface area (Å²) in [4.78, 5) is 117. The van der Waals surface area contributed by atoms with Crippen LogP contribution in [0.2, 0.25) is 0 Å². The molecule has 4 heterocycles. The molecule has 0 saturated carbocycles. The molecule has 12 atom stereocenters. The Kier molecular flexibility index (Phi) is 22.9. The van der Waals surface area contributed by atoms with Gasteiger partial charge in [-0.1, -0.05) is 115 Å². The van der Waals surface area contributed by atoms with E-state index in [9.17, 15) is 38.4 Å². The lowest BCUT2D eigenvalue weighted by Crippen LogP contribution is -2.59. The lowest BCUT2D eigenvalue weighted by Gasteiger charge is -2.34. The van der Waals surface area contributed by atoms with Crippen LogP contribution in [-0.4, -0.2) is 194 Å². The molecular formula is C64H78N10O14. The first-order chi connectivity index (χ1) is 42.4. The maximum Gasteiger partial charge on any atom is 0.412 e. The monoisotopic (exact) mass is 1210 g/mol. The van der Waals surface area contributed by atoms with Gasteiger partial charge in [0, 0.05) is 30.0 Å². The highest BCUT2D eigenvalue weighted by atomic mass is 16.6. The van der Waals surface area contributed by atoms with Crippen molar-refractivity contribution >= 4 is 59.4 Å². The SMILES string of the molecule is C=C(C#CCO[C@H](C)[C@H](NC(=O)[C@H](C)NC)C(=O)N1CC[C@@H]2[C@H]1[C@@H](OC(=O)Nc1ccccc1)CN2C(=O)OCc1ccccc1)CO[C@H](C)C(NC(=O)[C@H](C)NC)C(=O)N1CC[C@@H]2[C@H]1[C@@H](OC(=O)Nc1ccccc1)CN2C(=O)OCc1ccccc1. The number of carbonyl (C=O) groups excluding carboxylic acids is 8. The number of amides is 8. The molecule has 0 radical (unpaired) electrons. The molecular weight excluding hydrogens is 1130 g/mol. The van der Waals surface area contributed by atoms with Gasteiger partial charge in [0.15, 0.2) is 0 Å². The largest absolute Gasteiger partial charge is 0.445 e. The zero-order valence-corrected chi connectivity index (χ0v) is 50.3. The van der Waals surface area contributed by atoms with Crippen molar-refractivity contribution in [2.24, 2.45) is 0 Å². The highest BCUT2D eigenvalue weighted by Gasteiger charge is 2.57. The molecule has 4 fully saturated rings. The summed E-state index contributed by atoms with van der Waals surface area (Å²) in [6, 6.07) is 28.9. The van der Waals surface area contributed by atoms with E-state index >= 15 is 0 Å². The Labute approximate surface area is 512 Å². The van der Waals surface area contributed by atoms with Crippen molar-refractivity contribution in [2.45, 2.75) is 127 Å². The van der Waals surface area contributed by atoms with Gasteiger partial charge in [-0.15, -0.1) is 0 Å². The summed E-state index contributed by atoms with van der Waals surface area (Å²) in [5, 5.41) is 16.9. The minimum absolute atomic E-state index is 0.00132. The molecule has 4 aliphatic heterocycles. The quantitative estimate of drug-likeness (QED) is 0.0420. The highest BCUT2D eigenvalue weighted by molar-refractivity contribution is 5.92. The molecule has 0 aliphatic carbocycles. The molecule has 8 rings (SSSR count). The first kappa shape index (κ1) is 65.0. The molecule has 1 unspecified atom stereocenters. The molecule has 8 amide bonds. The average molecular weight is 1210 g/mol. The molecule has 88 heavy (non-hydrogen) atoms. The van der Waals surface area contributed by atoms with Gasteiger partial charge >= 0.3 is 24.4 Å². The molecule has 468 valence electrons. The molecule has 0 spiro atoms. The van der Waals surface area contributed by atoms with Gasteiger partial charge in [0.25, 0.3) is 0 Å². The van der Waals surface area contributed by atoms with Crippen molar-refractivity contribution < 1.29 is 66.8 Å². The third kappa shape index (κ3) is 16.7. The minimum atomic E-state index is -1.28. The number of nitrogens with one attached hydrogen (secondary N) is 6. The molecule has 4 aromatic carbocycles. The maximum atomic E-state index is 15.0. The van der Waals surface area contributed by atoms with Crippen LogP contribution < -0.4 is 31.9 Å². The number of anilines is 2. The summed E-state index contributed by atoms with van der Waals surface area (Å²) >= 11 is 0. The smallest absolute Gasteiger partial charge is 0.412 e. The molecule has 4 aliphatic rings. The lowest BCUT2D eigenvalue weighted by molar-refractivity contribution is -0.143. The number of likely N-dealkylation sites (N-methyl/N-ethyl adjacent to an activating group) is 2. The van der Waals surface area contributed by atoms with Crippen molar-refractivity contribution in [2.75, 3.05) is 64.1 Å². The third-order valence-corrected chi connectivity index (χ3v) is 16.1. The summed E-state index contributed by atoms with van der Waals surface area (Å²) in [5.41, 5.74) is 2.78. The van der Waals surface area contributed by atoms with E-state index in [1.165, 1.54) is 19.6 Å². The number of hydrogen-bond donors (Lipinski definition) is 6. The van der Waals surface area contributed by atoms with Crippen LogP contribution in [-0.2, 0) is 60.8 Å². The molecule has 24 heteroatoms. The summed E-state index contributed by atoms with van der Waals surface area (Å²) in [6.45, 7) is 10.3. The summed E-state index contributed by atoms with van der Waals surface area (Å²) in [5.74, 6) is 3.73. The minimum Gasteiger partial charge on any atom is -0.445 e. The second kappa shape index (κ2) is 31.1. The molecule has 0 bridgehead atoms. The van der Waals surface area contributed by atoms with Crippen LogP contribution in [0.1, 0.15) is 51.7 Å². The highest BCUT2D eigenvalue weighted by Crippen LogP contribution is 2.37. The fraction of sp³-hybridized carbons (Fsp3) is 0.438. The Morgan fingerprint density at radius 3 is 1.33 bits per heavy atom. The summed E-state index contributed by atoms with van der Waals surface area (Å²) in [7, 11) is 3.21. The van der Waals surface area contributed by atoms with Crippen molar-refractivity contribution in [1.29, 1.82) is 0 Å². The summed E-state index contributed by atoms with van der Waals surface area (Å²) in [6.07, 6.45) is -6.17. The van der Waals surface area contributed by atoms with Crippen molar-refractivity contribution in [3.8, 4) is 11.8 Å². The Morgan fingerprint density at radius 2 is 0.932 bits per heavy atom. The van der Waals surface area contributed by atoms with Crippen molar-refractivity contribution in [1.82, 2.24) is 40.9 Å². The van der Waals surface area contributed by atoms with E-state index < -0.39 is 121 Å². The topological polar surface area (TPSA) is 277 Å². The lowest BCUT2D eigenvalue weighted by atomic mass is 10.1. The van der Waals surface area contributed by atoms with Gasteiger partial charge in [-0.3, -0.25) is 39.6 Å². The first-order valence-electron chi connectivity index (χ1n) is 29.4. The standard InChI is InChI=1S/C64H78N10O14/c1-40(37-84-44(5)54(70-58(76)42(3)66-7)60(78)72-33-31-50-56(72)52(88-62(80)68-48-28-18-11-19-29-48)36-74(50)64(82)86-39-46-24-14-9-15-25-46)21-20-34-83-43(4)53(69-57(75)41(2)65-6)59(77)71-32-30-49-55(71)51(87-61(79)67-47-26-16-10-17-27-47)35-73(49)63(81)85-38-45-22-12-8-13-23-45/h8-19,22-29,41-44,49-56,65-66H,1,30-39H2,2-7H3,(H,67,79)(H,68,80)(H,69,75)(H,70,76)/t41-,42-,43+,44+,49+,50+,51-,52-,53-,54?,55-,56-/m0/s1. The Hall–Kier alpha value is -9.02. The Morgan fingerprint density at radius 1 is 0.545 bits per heavy atom. The van der Waals surface area contributed by atoms with Gasteiger partial charge in [-0.05, 0) is 90.0 Å². The van der Waals surface area contributed by atoms with Gasteiger partial charge in [0.1, 0.15) is 44.1 Å². The van der Waals surface area contributed by atoms with Crippen LogP contribution in [0.25, 0.3) is 0 Å². The van der Waals surface area contributed by atoms with Crippen molar-refractivity contribution in [3.63, 3.8) is 0 Å². The average Bonchev–Trinajstić information content (AvgIpc) is 1.74. The second-order valence-electron chi connectivity index (χ2n) is 21.9. The number of para-hydroxylation sites is 2. The second-order valence-corrected chi connectivity index (χ2v) is 21.9. The van der Waals surface area contributed by atoms with E-state index in [0.29, 0.717) is 24.2 Å². The fourth-order valence-electron chi connectivity index (χ4n) is 11.1. The van der Waals surface area contributed by atoms with Gasteiger partial charge < -0.3 is 59.5 Å². The number of benzene rings is 4. The van der Waals surface area contributed by atoms with Crippen LogP contribution in [0.3, 0.4) is 0 Å². The fourth-order valence-corrected chi connectivity index (χ4v) is 11.1.